The Morgan fingerprint density at radius 3 is 2.28 bits per heavy atom. The standard InChI is InChI=1S/C25H31N3O3S/c1-20-6-8-24(9-7-20)32(29,30)28-14-10-22(11-15-28)27-16-12-25(19-26,13-17-27)21-4-3-5-23(18-21)31-2/h3-9,18,22H,10-17H2,1-2H3. The maximum Gasteiger partial charge on any atom is 0.243 e. The number of nitriles is 1. The molecule has 0 saturated carbocycles. The second-order valence-corrected chi connectivity index (χ2v) is 10.8. The van der Waals surface area contributed by atoms with Crippen molar-refractivity contribution >= 4 is 10.0 Å². The maximum atomic E-state index is 13.0. The lowest BCUT2D eigenvalue weighted by atomic mass is 9.73. The number of hydrogen-bond acceptors (Lipinski definition) is 5. The summed E-state index contributed by atoms with van der Waals surface area (Å²) in [5.41, 5.74) is 1.59. The van der Waals surface area contributed by atoms with Crippen molar-refractivity contribution in [2.45, 2.75) is 49.0 Å². The van der Waals surface area contributed by atoms with Crippen molar-refractivity contribution < 1.29 is 13.2 Å². The van der Waals surface area contributed by atoms with Gasteiger partial charge < -0.3 is 9.64 Å². The Balaban J connectivity index is 1.37. The fraction of sp³-hybridized carbons (Fsp3) is 0.480. The molecule has 2 aromatic rings. The average molecular weight is 454 g/mol. The van der Waals surface area contributed by atoms with Gasteiger partial charge >= 0.3 is 0 Å². The summed E-state index contributed by atoms with van der Waals surface area (Å²) in [6.45, 7) is 4.73. The van der Waals surface area contributed by atoms with E-state index in [2.05, 4.69) is 11.0 Å². The summed E-state index contributed by atoms with van der Waals surface area (Å²) in [5.74, 6) is 0.779. The molecule has 0 amide bonds. The molecule has 2 aliphatic rings. The van der Waals surface area contributed by atoms with Gasteiger partial charge in [-0.2, -0.15) is 9.57 Å². The number of piperidine rings is 2. The number of likely N-dealkylation sites (tertiary alicyclic amines) is 1. The Morgan fingerprint density at radius 1 is 1.03 bits per heavy atom. The predicted octanol–water partition coefficient (Wildman–Crippen LogP) is 3.71. The van der Waals surface area contributed by atoms with Gasteiger partial charge in [0.25, 0.3) is 0 Å². The summed E-state index contributed by atoms with van der Waals surface area (Å²) < 4.78 is 32.9. The molecule has 32 heavy (non-hydrogen) atoms. The molecule has 0 atom stereocenters. The first kappa shape index (κ1) is 22.8. The molecule has 7 heteroatoms. The summed E-state index contributed by atoms with van der Waals surface area (Å²) in [6.07, 6.45) is 3.20. The van der Waals surface area contributed by atoms with Gasteiger partial charge in [-0.05, 0) is 62.4 Å². The third-order valence-electron chi connectivity index (χ3n) is 7.09. The first-order chi connectivity index (χ1) is 15.4. The fourth-order valence-electron chi connectivity index (χ4n) is 4.96. The number of sulfonamides is 1. The molecular weight excluding hydrogens is 422 g/mol. The SMILES string of the molecule is COc1cccc(C2(C#N)CCN(C3CCN(S(=O)(=O)c4ccc(C)cc4)CC3)CC2)c1. The van der Waals surface area contributed by atoms with E-state index in [9.17, 15) is 13.7 Å². The zero-order chi connectivity index (χ0) is 22.8. The molecule has 0 aliphatic carbocycles. The Hall–Kier alpha value is -2.40. The van der Waals surface area contributed by atoms with Crippen molar-refractivity contribution in [1.29, 1.82) is 5.26 Å². The first-order valence-corrected chi connectivity index (χ1v) is 12.7. The molecule has 2 aromatic carbocycles. The van der Waals surface area contributed by atoms with E-state index in [0.29, 0.717) is 24.0 Å². The van der Waals surface area contributed by atoms with Gasteiger partial charge in [-0.3, -0.25) is 0 Å². The quantitative estimate of drug-likeness (QED) is 0.690. The van der Waals surface area contributed by atoms with Crippen molar-refractivity contribution in [3.05, 3.63) is 59.7 Å². The molecule has 2 fully saturated rings. The molecule has 0 radical (unpaired) electrons. The number of nitrogens with zero attached hydrogens (tertiary/aromatic N) is 3. The van der Waals surface area contributed by atoms with Crippen LogP contribution in [-0.2, 0) is 15.4 Å². The molecule has 2 aliphatic heterocycles. The predicted molar refractivity (Wildman–Crippen MR) is 124 cm³/mol. The van der Waals surface area contributed by atoms with Crippen LogP contribution >= 0.6 is 0 Å². The third-order valence-corrected chi connectivity index (χ3v) is 9.00. The highest BCUT2D eigenvalue weighted by Gasteiger charge is 2.39. The number of aryl methyl sites for hydroxylation is 1. The van der Waals surface area contributed by atoms with Crippen LogP contribution in [0, 0.1) is 18.3 Å². The lowest BCUT2D eigenvalue weighted by Crippen LogP contribution is -2.51. The normalized spacial score (nSPS) is 20.5. The van der Waals surface area contributed by atoms with E-state index in [0.717, 1.165) is 55.6 Å². The Morgan fingerprint density at radius 2 is 1.69 bits per heavy atom. The van der Waals surface area contributed by atoms with E-state index in [1.54, 1.807) is 23.5 Å². The highest BCUT2D eigenvalue weighted by Crippen LogP contribution is 2.38. The van der Waals surface area contributed by atoms with Gasteiger partial charge in [-0.1, -0.05) is 29.8 Å². The molecule has 170 valence electrons. The molecule has 2 saturated heterocycles. The smallest absolute Gasteiger partial charge is 0.243 e. The largest absolute Gasteiger partial charge is 0.497 e. The van der Waals surface area contributed by atoms with Crippen LogP contribution in [-0.4, -0.2) is 57.0 Å². The number of benzene rings is 2. The van der Waals surface area contributed by atoms with Crippen molar-refractivity contribution in [1.82, 2.24) is 9.21 Å². The number of methoxy groups -OCH3 is 1. The second kappa shape index (κ2) is 9.22. The van der Waals surface area contributed by atoms with E-state index < -0.39 is 15.4 Å². The lowest BCUT2D eigenvalue weighted by molar-refractivity contribution is 0.0978. The number of hydrogen-bond donors (Lipinski definition) is 0. The highest BCUT2D eigenvalue weighted by atomic mass is 32.2. The van der Waals surface area contributed by atoms with E-state index in [1.165, 1.54) is 0 Å². The van der Waals surface area contributed by atoms with Gasteiger partial charge in [0.05, 0.1) is 23.5 Å². The number of ether oxygens (including phenoxy) is 1. The Bertz CT molecular complexity index is 1080. The first-order valence-electron chi connectivity index (χ1n) is 11.2. The highest BCUT2D eigenvalue weighted by molar-refractivity contribution is 7.89. The second-order valence-electron chi connectivity index (χ2n) is 8.91. The van der Waals surface area contributed by atoms with Gasteiger partial charge in [-0.15, -0.1) is 0 Å². The molecule has 0 bridgehead atoms. The van der Waals surface area contributed by atoms with Crippen LogP contribution in [0.1, 0.15) is 36.8 Å². The van der Waals surface area contributed by atoms with Gasteiger partial charge in [0.2, 0.25) is 10.0 Å². The fourth-order valence-corrected chi connectivity index (χ4v) is 6.43. The van der Waals surface area contributed by atoms with Crippen molar-refractivity contribution in [3.8, 4) is 11.8 Å². The van der Waals surface area contributed by atoms with Crippen LogP contribution in [0.15, 0.2) is 53.4 Å². The minimum atomic E-state index is -3.44. The van der Waals surface area contributed by atoms with Crippen LogP contribution in [0.25, 0.3) is 0 Å². The van der Waals surface area contributed by atoms with E-state index in [-0.39, 0.29) is 0 Å². The summed E-state index contributed by atoms with van der Waals surface area (Å²) in [7, 11) is -1.79. The minimum absolute atomic E-state index is 0.362. The van der Waals surface area contributed by atoms with Crippen molar-refractivity contribution in [2.75, 3.05) is 33.3 Å². The van der Waals surface area contributed by atoms with Gasteiger partial charge in [0, 0.05) is 32.2 Å². The molecule has 4 rings (SSSR count). The Kier molecular flexibility index (Phi) is 6.57. The molecule has 2 heterocycles. The van der Waals surface area contributed by atoms with Crippen molar-refractivity contribution in [2.24, 2.45) is 0 Å². The van der Waals surface area contributed by atoms with Gasteiger partial charge in [-0.25, -0.2) is 8.42 Å². The van der Waals surface area contributed by atoms with E-state index in [1.807, 2.05) is 43.3 Å². The maximum absolute atomic E-state index is 13.0. The third kappa shape index (κ3) is 4.40. The summed E-state index contributed by atoms with van der Waals surface area (Å²) >= 11 is 0. The monoisotopic (exact) mass is 453 g/mol. The molecule has 0 aromatic heterocycles. The van der Waals surface area contributed by atoms with E-state index in [4.69, 9.17) is 4.74 Å². The zero-order valence-electron chi connectivity index (χ0n) is 18.8. The Labute approximate surface area is 191 Å². The molecular formula is C25H31N3O3S. The minimum Gasteiger partial charge on any atom is -0.497 e. The van der Waals surface area contributed by atoms with Crippen LogP contribution in [0.5, 0.6) is 5.75 Å². The van der Waals surface area contributed by atoms with Crippen LogP contribution in [0.4, 0.5) is 0 Å². The molecule has 0 N–H and O–H groups in total. The van der Waals surface area contributed by atoms with Crippen LogP contribution < -0.4 is 4.74 Å². The average Bonchev–Trinajstić information content (AvgIpc) is 2.84. The molecule has 6 nitrogen and oxygen atoms in total. The van der Waals surface area contributed by atoms with Crippen molar-refractivity contribution in [3.63, 3.8) is 0 Å². The van der Waals surface area contributed by atoms with Gasteiger partial charge in [0.15, 0.2) is 0 Å². The van der Waals surface area contributed by atoms with E-state index >= 15 is 0 Å². The lowest BCUT2D eigenvalue weighted by Gasteiger charge is -2.44. The summed E-state index contributed by atoms with van der Waals surface area (Å²) in [5, 5.41) is 10.0. The van der Waals surface area contributed by atoms with Crippen LogP contribution in [0.2, 0.25) is 0 Å². The van der Waals surface area contributed by atoms with Gasteiger partial charge in [0.1, 0.15) is 5.75 Å². The topological polar surface area (TPSA) is 73.6 Å². The zero-order valence-corrected chi connectivity index (χ0v) is 19.6. The molecule has 0 spiro atoms. The molecule has 0 unspecified atom stereocenters. The van der Waals surface area contributed by atoms with Crippen LogP contribution in [0.3, 0.4) is 0 Å². The summed E-state index contributed by atoms with van der Waals surface area (Å²) in [6, 6.07) is 17.9. The summed E-state index contributed by atoms with van der Waals surface area (Å²) in [4.78, 5) is 2.82. The number of rotatable bonds is 5.